The topological polar surface area (TPSA) is 307 Å². The van der Waals surface area contributed by atoms with Crippen molar-refractivity contribution in [3.8, 4) is 0 Å². The molecule has 0 bridgehead atoms. The van der Waals surface area contributed by atoms with Gasteiger partial charge in [0, 0.05) is 6.42 Å². The first kappa shape index (κ1) is 64.8. The van der Waals surface area contributed by atoms with Crippen molar-refractivity contribution in [2.45, 2.75) is 247 Å². The van der Waals surface area contributed by atoms with E-state index in [2.05, 4.69) is 67.8 Å². The van der Waals surface area contributed by atoms with Crippen LogP contribution in [0.4, 0.5) is 0 Å². The van der Waals surface area contributed by atoms with E-state index in [-0.39, 0.29) is 18.9 Å². The number of unbranched alkanes of at least 4 members (excludes halogenated alkanes) is 13. The van der Waals surface area contributed by atoms with Crippen LogP contribution < -0.4 is 5.32 Å². The van der Waals surface area contributed by atoms with Crippen LogP contribution in [0.1, 0.15) is 142 Å². The van der Waals surface area contributed by atoms with Crippen LogP contribution in [0.3, 0.4) is 0 Å². The second-order valence-electron chi connectivity index (χ2n) is 19.3. The van der Waals surface area contributed by atoms with Gasteiger partial charge in [0.05, 0.1) is 38.6 Å². The van der Waals surface area contributed by atoms with E-state index in [0.29, 0.717) is 12.8 Å². The highest BCUT2D eigenvalue weighted by atomic mass is 16.8. The Morgan fingerprint density at radius 2 is 0.918 bits per heavy atom. The summed E-state index contributed by atoms with van der Waals surface area (Å²) in [7, 11) is 0. The second kappa shape index (κ2) is 38.1. The van der Waals surface area contributed by atoms with Crippen molar-refractivity contribution in [3.05, 3.63) is 60.8 Å². The summed E-state index contributed by atoms with van der Waals surface area (Å²) in [5.41, 5.74) is 0. The minimum Gasteiger partial charge on any atom is -0.394 e. The molecule has 0 radical (unpaired) electrons. The summed E-state index contributed by atoms with van der Waals surface area (Å²) in [5, 5.41) is 120. The van der Waals surface area contributed by atoms with Gasteiger partial charge in [0.25, 0.3) is 0 Å². The molecular weight excluding hydrogens is 951 g/mol. The molecule has 12 N–H and O–H groups in total. The third kappa shape index (κ3) is 23.3. The Labute approximate surface area is 433 Å². The van der Waals surface area contributed by atoms with Crippen molar-refractivity contribution in [2.75, 3.05) is 26.4 Å². The molecule has 3 fully saturated rings. The van der Waals surface area contributed by atoms with Gasteiger partial charge in [-0.3, -0.25) is 4.79 Å². The van der Waals surface area contributed by atoms with E-state index in [0.717, 1.165) is 70.6 Å². The van der Waals surface area contributed by atoms with Gasteiger partial charge < -0.3 is 89.9 Å². The normalized spacial score (nSPS) is 32.2. The van der Waals surface area contributed by atoms with E-state index in [4.69, 9.17) is 28.4 Å². The molecule has 73 heavy (non-hydrogen) atoms. The summed E-state index contributed by atoms with van der Waals surface area (Å²) in [5.74, 6) is -0.309. The fourth-order valence-corrected chi connectivity index (χ4v) is 8.72. The summed E-state index contributed by atoms with van der Waals surface area (Å²) >= 11 is 0. The van der Waals surface area contributed by atoms with Crippen molar-refractivity contribution in [3.63, 3.8) is 0 Å². The van der Waals surface area contributed by atoms with Crippen LogP contribution in [0.25, 0.3) is 0 Å². The molecule has 0 aliphatic carbocycles. The van der Waals surface area contributed by atoms with Crippen LogP contribution >= 0.6 is 0 Å². The van der Waals surface area contributed by atoms with Gasteiger partial charge in [0.1, 0.15) is 73.2 Å². The fraction of sp³-hybridized carbons (Fsp3) is 0.796. The molecule has 0 aromatic rings. The van der Waals surface area contributed by atoms with E-state index in [1.807, 2.05) is 6.08 Å². The molecule has 3 aliphatic heterocycles. The number of nitrogens with one attached hydrogen (secondary N) is 1. The van der Waals surface area contributed by atoms with E-state index in [9.17, 15) is 61.0 Å². The third-order valence-corrected chi connectivity index (χ3v) is 13.3. The molecule has 422 valence electrons. The molecule has 3 heterocycles. The zero-order valence-corrected chi connectivity index (χ0v) is 43.3. The Balaban J connectivity index is 1.57. The average molecular weight is 1040 g/mol. The molecule has 3 aliphatic rings. The van der Waals surface area contributed by atoms with Crippen LogP contribution in [-0.2, 0) is 33.2 Å². The number of hydrogen-bond acceptors (Lipinski definition) is 18. The van der Waals surface area contributed by atoms with Gasteiger partial charge in [-0.2, -0.15) is 0 Å². The Morgan fingerprint density at radius 3 is 1.45 bits per heavy atom. The summed E-state index contributed by atoms with van der Waals surface area (Å²) in [4.78, 5) is 13.2. The number of hydrogen-bond donors (Lipinski definition) is 12. The molecule has 0 aromatic heterocycles. The second-order valence-corrected chi connectivity index (χ2v) is 19.3. The molecule has 0 spiro atoms. The number of amides is 1. The highest BCUT2D eigenvalue weighted by molar-refractivity contribution is 5.76. The van der Waals surface area contributed by atoms with Crippen LogP contribution in [0.15, 0.2) is 60.8 Å². The SMILES string of the molecule is CCCCC/C=C\C/C=C\CCCCCCCC(=O)NC(COC1OC(CO)C(OC2OC(CO)C(OC3OC(CO)C(O)C(O)C3O)C(O)C2O)C(O)C1O)C(O)/C=C/CC/C=C/CC/C=C/CCCCC. The van der Waals surface area contributed by atoms with Crippen LogP contribution in [0.2, 0.25) is 0 Å². The number of aliphatic hydroxyl groups is 11. The Morgan fingerprint density at radius 1 is 0.493 bits per heavy atom. The van der Waals surface area contributed by atoms with Crippen LogP contribution in [-0.4, -0.2) is 193 Å². The lowest BCUT2D eigenvalue weighted by atomic mass is 9.96. The zero-order chi connectivity index (χ0) is 53.4. The fourth-order valence-electron chi connectivity index (χ4n) is 8.72. The van der Waals surface area contributed by atoms with Crippen LogP contribution in [0.5, 0.6) is 0 Å². The number of allylic oxidation sites excluding steroid dienone is 9. The molecule has 19 heteroatoms. The summed E-state index contributed by atoms with van der Waals surface area (Å²) in [6, 6.07) is -1.00. The van der Waals surface area contributed by atoms with E-state index in [1.165, 1.54) is 38.5 Å². The van der Waals surface area contributed by atoms with Crippen LogP contribution in [0, 0.1) is 0 Å². The van der Waals surface area contributed by atoms with Crippen molar-refractivity contribution >= 4 is 5.91 Å². The van der Waals surface area contributed by atoms with Gasteiger partial charge >= 0.3 is 0 Å². The van der Waals surface area contributed by atoms with Crippen molar-refractivity contribution in [2.24, 2.45) is 0 Å². The molecule has 0 saturated carbocycles. The molecule has 17 unspecified atom stereocenters. The Kier molecular flexibility index (Phi) is 33.8. The Bertz CT molecular complexity index is 1580. The predicted molar refractivity (Wildman–Crippen MR) is 272 cm³/mol. The highest BCUT2D eigenvalue weighted by Gasteiger charge is 2.53. The summed E-state index contributed by atoms with van der Waals surface area (Å²) < 4.78 is 34.1. The minimum absolute atomic E-state index is 0.213. The summed E-state index contributed by atoms with van der Waals surface area (Å²) in [6.45, 7) is 1.57. The molecule has 3 rings (SSSR count). The molecule has 19 nitrogen and oxygen atoms in total. The smallest absolute Gasteiger partial charge is 0.220 e. The Hall–Kier alpha value is -2.51. The quantitative estimate of drug-likeness (QED) is 0.0315. The van der Waals surface area contributed by atoms with Gasteiger partial charge in [0.2, 0.25) is 5.91 Å². The van der Waals surface area contributed by atoms with Crippen molar-refractivity contribution < 1.29 is 89.4 Å². The van der Waals surface area contributed by atoms with Gasteiger partial charge in [-0.1, -0.05) is 120 Å². The third-order valence-electron chi connectivity index (χ3n) is 13.3. The van der Waals surface area contributed by atoms with Gasteiger partial charge in [-0.05, 0) is 77.0 Å². The van der Waals surface area contributed by atoms with Gasteiger partial charge in [-0.25, -0.2) is 0 Å². The predicted octanol–water partition coefficient (Wildman–Crippen LogP) is 2.92. The number of carbonyl (C=O) groups is 1. The first-order chi connectivity index (χ1) is 35.3. The number of rotatable bonds is 37. The molecule has 17 atom stereocenters. The van der Waals surface area contributed by atoms with Crippen molar-refractivity contribution in [1.82, 2.24) is 5.32 Å². The van der Waals surface area contributed by atoms with Crippen molar-refractivity contribution in [1.29, 1.82) is 0 Å². The molecular formula is C54H93NO18. The lowest BCUT2D eigenvalue weighted by Gasteiger charge is -2.48. The molecule has 0 aromatic carbocycles. The zero-order valence-electron chi connectivity index (χ0n) is 43.3. The van der Waals surface area contributed by atoms with Gasteiger partial charge in [0.15, 0.2) is 18.9 Å². The lowest BCUT2D eigenvalue weighted by Crippen LogP contribution is -2.66. The number of carbonyl (C=O) groups excluding carboxylic acids is 1. The van der Waals surface area contributed by atoms with E-state index < -0.39 is 124 Å². The maximum absolute atomic E-state index is 13.2. The monoisotopic (exact) mass is 1040 g/mol. The largest absolute Gasteiger partial charge is 0.394 e. The minimum atomic E-state index is -1.98. The molecule has 3 saturated heterocycles. The number of aliphatic hydroxyl groups excluding tert-OH is 11. The number of ether oxygens (including phenoxy) is 6. The highest BCUT2D eigenvalue weighted by Crippen LogP contribution is 2.33. The summed E-state index contributed by atoms with van der Waals surface area (Å²) in [6.07, 6.45) is 13.6. The first-order valence-corrected chi connectivity index (χ1v) is 27.0. The lowest BCUT2D eigenvalue weighted by molar-refractivity contribution is -0.379. The maximum atomic E-state index is 13.2. The first-order valence-electron chi connectivity index (χ1n) is 27.0. The van der Waals surface area contributed by atoms with Gasteiger partial charge in [-0.15, -0.1) is 0 Å². The standard InChI is InChI=1S/C54H93NO18/c1-3-5-7-9-11-13-15-17-18-20-22-24-26-28-30-32-42(60)55-37(38(59)31-29-27-25-23-21-19-16-14-12-10-8-6-4-2)36-68-52-48(66)45(63)50(40(34-57)70-52)73-54-49(67)46(64)51(41(35-58)71-54)72-53-47(65)44(62)43(61)39(33-56)69-53/h11-14,17-18,21,23,29,31,37-41,43-54,56-59,61-67H,3-10,15-16,19-20,22,24-28,30,32-36H2,1-2H3,(H,55,60)/b13-11-,14-12+,18-17-,23-21+,31-29+. The maximum Gasteiger partial charge on any atom is 0.220 e. The van der Waals surface area contributed by atoms with E-state index in [1.54, 1.807) is 6.08 Å². The molecule has 1 amide bonds. The van der Waals surface area contributed by atoms with E-state index >= 15 is 0 Å². The average Bonchev–Trinajstić information content (AvgIpc) is 3.39.